The number of pyridine rings is 1. The Kier molecular flexibility index (Phi) is 3.05. The van der Waals surface area contributed by atoms with E-state index in [2.05, 4.69) is 35.8 Å². The molecule has 4 heteroatoms. The smallest absolute Gasteiger partial charge is 0.115 e. The number of imidazole rings is 1. The van der Waals surface area contributed by atoms with Gasteiger partial charge in [0.25, 0.3) is 0 Å². The monoisotopic (exact) mass is 258 g/mol. The first-order valence-corrected chi connectivity index (χ1v) is 7.08. The second kappa shape index (κ2) is 4.60. The molecule has 0 aromatic carbocycles. The number of aromatic nitrogens is 3. The molecule has 0 aliphatic carbocycles. The van der Waals surface area contributed by atoms with Gasteiger partial charge in [-0.05, 0) is 37.9 Å². The van der Waals surface area contributed by atoms with E-state index in [9.17, 15) is 0 Å². The summed E-state index contributed by atoms with van der Waals surface area (Å²) in [7, 11) is 2.11. The summed E-state index contributed by atoms with van der Waals surface area (Å²) in [5, 5.41) is 3.51. The SMILES string of the molecule is Cn1c(C(C)(C)C2CCCNC2)nc2cnccc21. The van der Waals surface area contributed by atoms with Gasteiger partial charge in [0, 0.05) is 18.7 Å². The van der Waals surface area contributed by atoms with Crippen molar-refractivity contribution < 1.29 is 0 Å². The molecule has 1 saturated heterocycles. The zero-order valence-electron chi connectivity index (χ0n) is 12.0. The minimum absolute atomic E-state index is 0.0845. The van der Waals surface area contributed by atoms with Crippen molar-refractivity contribution >= 4 is 11.0 Å². The van der Waals surface area contributed by atoms with Gasteiger partial charge in [-0.3, -0.25) is 4.98 Å². The van der Waals surface area contributed by atoms with Crippen LogP contribution in [-0.2, 0) is 12.5 Å². The van der Waals surface area contributed by atoms with Crippen molar-refractivity contribution in [2.75, 3.05) is 13.1 Å². The Morgan fingerprint density at radius 1 is 1.42 bits per heavy atom. The summed E-state index contributed by atoms with van der Waals surface area (Å²) in [4.78, 5) is 9.01. The molecule has 19 heavy (non-hydrogen) atoms. The van der Waals surface area contributed by atoms with E-state index >= 15 is 0 Å². The number of aryl methyl sites for hydroxylation is 1. The van der Waals surface area contributed by atoms with Crippen LogP contribution < -0.4 is 5.32 Å². The van der Waals surface area contributed by atoms with Crippen LogP contribution in [0.25, 0.3) is 11.0 Å². The average molecular weight is 258 g/mol. The zero-order chi connectivity index (χ0) is 13.5. The molecule has 3 rings (SSSR count). The van der Waals surface area contributed by atoms with Crippen molar-refractivity contribution in [3.63, 3.8) is 0 Å². The molecule has 102 valence electrons. The Morgan fingerprint density at radius 2 is 2.26 bits per heavy atom. The number of hydrogen-bond donors (Lipinski definition) is 1. The van der Waals surface area contributed by atoms with Crippen LogP contribution in [0.4, 0.5) is 0 Å². The Labute approximate surface area is 114 Å². The van der Waals surface area contributed by atoms with Crippen LogP contribution >= 0.6 is 0 Å². The maximum Gasteiger partial charge on any atom is 0.115 e. The third kappa shape index (κ3) is 2.04. The van der Waals surface area contributed by atoms with Crippen LogP contribution in [0, 0.1) is 5.92 Å². The molecule has 3 heterocycles. The van der Waals surface area contributed by atoms with Gasteiger partial charge in [-0.15, -0.1) is 0 Å². The minimum Gasteiger partial charge on any atom is -0.331 e. The lowest BCUT2D eigenvalue weighted by atomic mass is 9.74. The molecular formula is C15H22N4. The number of nitrogens with zero attached hydrogens (tertiary/aromatic N) is 3. The second-order valence-electron chi connectivity index (χ2n) is 6.12. The topological polar surface area (TPSA) is 42.7 Å². The van der Waals surface area contributed by atoms with Crippen molar-refractivity contribution in [3.05, 3.63) is 24.3 Å². The number of rotatable bonds is 2. The predicted octanol–water partition coefficient (Wildman–Crippen LogP) is 2.25. The van der Waals surface area contributed by atoms with Gasteiger partial charge in [0.1, 0.15) is 11.3 Å². The quantitative estimate of drug-likeness (QED) is 0.898. The maximum absolute atomic E-state index is 4.83. The molecule has 1 aliphatic rings. The van der Waals surface area contributed by atoms with Gasteiger partial charge in [0.2, 0.25) is 0 Å². The van der Waals surface area contributed by atoms with Crippen molar-refractivity contribution in [1.29, 1.82) is 0 Å². The van der Waals surface area contributed by atoms with Crippen molar-refractivity contribution in [1.82, 2.24) is 19.9 Å². The molecule has 0 bridgehead atoms. The Morgan fingerprint density at radius 3 is 2.95 bits per heavy atom. The highest BCUT2D eigenvalue weighted by atomic mass is 15.1. The van der Waals surface area contributed by atoms with E-state index in [0.717, 1.165) is 18.6 Å². The van der Waals surface area contributed by atoms with Gasteiger partial charge in [0.15, 0.2) is 0 Å². The van der Waals surface area contributed by atoms with Crippen molar-refractivity contribution in [2.24, 2.45) is 13.0 Å². The summed E-state index contributed by atoms with van der Waals surface area (Å²) in [6.07, 6.45) is 6.23. The summed E-state index contributed by atoms with van der Waals surface area (Å²) < 4.78 is 2.23. The third-order valence-electron chi connectivity index (χ3n) is 4.58. The van der Waals surface area contributed by atoms with Gasteiger partial charge < -0.3 is 9.88 Å². The Balaban J connectivity index is 2.04. The van der Waals surface area contributed by atoms with Crippen molar-refractivity contribution in [3.8, 4) is 0 Å². The summed E-state index contributed by atoms with van der Waals surface area (Å²) in [5.41, 5.74) is 2.25. The standard InChI is InChI=1S/C15H22N4/c1-15(2,11-5-4-7-16-9-11)14-18-12-10-17-8-6-13(12)19(14)3/h6,8,10-11,16H,4-5,7,9H2,1-3H3. The molecule has 0 radical (unpaired) electrons. The fourth-order valence-electron chi connectivity index (χ4n) is 3.28. The molecule has 1 fully saturated rings. The Bertz CT molecular complexity index is 579. The molecule has 1 atom stereocenters. The highest BCUT2D eigenvalue weighted by molar-refractivity contribution is 5.74. The summed E-state index contributed by atoms with van der Waals surface area (Å²) in [6, 6.07) is 2.04. The lowest BCUT2D eigenvalue weighted by Crippen LogP contribution is -2.42. The van der Waals surface area contributed by atoms with E-state index in [0.29, 0.717) is 5.92 Å². The van der Waals surface area contributed by atoms with Gasteiger partial charge in [0.05, 0.1) is 11.7 Å². The lowest BCUT2D eigenvalue weighted by Gasteiger charge is -2.36. The largest absolute Gasteiger partial charge is 0.331 e. The van der Waals surface area contributed by atoms with Gasteiger partial charge >= 0.3 is 0 Å². The van der Waals surface area contributed by atoms with Gasteiger partial charge in [-0.1, -0.05) is 13.8 Å². The first kappa shape index (κ1) is 12.6. The van der Waals surface area contributed by atoms with Crippen LogP contribution in [0.3, 0.4) is 0 Å². The van der Waals surface area contributed by atoms with E-state index in [1.54, 1.807) is 0 Å². The van der Waals surface area contributed by atoms with Crippen LogP contribution in [-0.4, -0.2) is 27.6 Å². The number of hydrogen-bond acceptors (Lipinski definition) is 3. The van der Waals surface area contributed by atoms with E-state index in [-0.39, 0.29) is 5.41 Å². The summed E-state index contributed by atoms with van der Waals surface area (Å²) in [6.45, 7) is 6.88. The van der Waals surface area contributed by atoms with Crippen LogP contribution in [0.5, 0.6) is 0 Å². The van der Waals surface area contributed by atoms with Gasteiger partial charge in [-0.2, -0.15) is 0 Å². The molecule has 1 N–H and O–H groups in total. The predicted molar refractivity (Wildman–Crippen MR) is 77.1 cm³/mol. The maximum atomic E-state index is 4.83. The molecule has 4 nitrogen and oxygen atoms in total. The third-order valence-corrected chi connectivity index (χ3v) is 4.58. The molecule has 0 spiro atoms. The van der Waals surface area contributed by atoms with E-state index in [1.165, 1.54) is 24.2 Å². The normalized spacial score (nSPS) is 20.9. The number of nitrogens with one attached hydrogen (secondary N) is 1. The first-order chi connectivity index (χ1) is 9.10. The molecule has 0 saturated carbocycles. The minimum atomic E-state index is 0.0845. The molecule has 2 aromatic rings. The fourth-order valence-corrected chi connectivity index (χ4v) is 3.28. The van der Waals surface area contributed by atoms with E-state index < -0.39 is 0 Å². The second-order valence-corrected chi connectivity index (χ2v) is 6.12. The van der Waals surface area contributed by atoms with Crippen molar-refractivity contribution in [2.45, 2.75) is 32.1 Å². The van der Waals surface area contributed by atoms with Gasteiger partial charge in [-0.25, -0.2) is 4.98 Å². The highest BCUT2D eigenvalue weighted by Gasteiger charge is 2.35. The van der Waals surface area contributed by atoms with E-state index in [4.69, 9.17) is 4.98 Å². The van der Waals surface area contributed by atoms with E-state index in [1.807, 2.05) is 18.5 Å². The average Bonchev–Trinajstić information content (AvgIpc) is 2.78. The van der Waals surface area contributed by atoms with Crippen LogP contribution in [0.2, 0.25) is 0 Å². The highest BCUT2D eigenvalue weighted by Crippen LogP contribution is 2.35. The van der Waals surface area contributed by atoms with Crippen LogP contribution in [0.1, 0.15) is 32.5 Å². The molecule has 0 amide bonds. The number of fused-ring (bicyclic) bond motifs is 1. The summed E-state index contributed by atoms with van der Waals surface area (Å²) in [5.74, 6) is 1.81. The molecular weight excluding hydrogens is 236 g/mol. The Hall–Kier alpha value is -1.42. The molecule has 2 aromatic heterocycles. The van der Waals surface area contributed by atoms with Crippen LogP contribution in [0.15, 0.2) is 18.5 Å². The zero-order valence-corrected chi connectivity index (χ0v) is 12.0. The summed E-state index contributed by atoms with van der Waals surface area (Å²) >= 11 is 0. The lowest BCUT2D eigenvalue weighted by molar-refractivity contribution is 0.238. The fraction of sp³-hybridized carbons (Fsp3) is 0.600. The molecule has 1 unspecified atom stereocenters. The first-order valence-electron chi connectivity index (χ1n) is 7.08. The molecule has 1 aliphatic heterocycles. The number of piperidine rings is 1.